The maximum absolute atomic E-state index is 6.02. The van der Waals surface area contributed by atoms with Crippen molar-refractivity contribution in [3.63, 3.8) is 0 Å². The molecule has 0 aliphatic carbocycles. The molecule has 4 heterocycles. The van der Waals surface area contributed by atoms with Crippen LogP contribution in [0.4, 0.5) is 0 Å². The monoisotopic (exact) mass is 325 g/mol. The number of hydrogen-bond donors (Lipinski definition) is 0. The van der Waals surface area contributed by atoms with Crippen LogP contribution >= 0.6 is 0 Å². The zero-order valence-corrected chi connectivity index (χ0v) is 13.8. The van der Waals surface area contributed by atoms with Gasteiger partial charge in [-0.25, -0.2) is 4.98 Å². The Labute approximate surface area is 142 Å². The Morgan fingerprint density at radius 2 is 2.12 bits per heavy atom. The Kier molecular flexibility index (Phi) is 4.45. The van der Waals surface area contributed by atoms with Gasteiger partial charge in [0.25, 0.3) is 0 Å². The quantitative estimate of drug-likeness (QED) is 0.845. The number of piperidine rings is 1. The van der Waals surface area contributed by atoms with Crippen LogP contribution in [0.5, 0.6) is 5.88 Å². The summed E-state index contributed by atoms with van der Waals surface area (Å²) in [4.78, 5) is 10.9. The molecule has 2 atom stereocenters. The lowest BCUT2D eigenvalue weighted by Gasteiger charge is -2.43. The van der Waals surface area contributed by atoms with Crippen molar-refractivity contribution >= 4 is 0 Å². The molecule has 5 heteroatoms. The van der Waals surface area contributed by atoms with Gasteiger partial charge >= 0.3 is 0 Å². The summed E-state index contributed by atoms with van der Waals surface area (Å²) in [6, 6.07) is 9.96. The number of fused-ring (bicyclic) bond motifs is 1. The van der Waals surface area contributed by atoms with Gasteiger partial charge in [0.15, 0.2) is 0 Å². The summed E-state index contributed by atoms with van der Waals surface area (Å²) in [6.45, 7) is 4.53. The van der Waals surface area contributed by atoms with Gasteiger partial charge in [0.1, 0.15) is 0 Å². The van der Waals surface area contributed by atoms with Gasteiger partial charge in [0.05, 0.1) is 12.7 Å². The maximum atomic E-state index is 6.02. The summed E-state index contributed by atoms with van der Waals surface area (Å²) in [5, 5.41) is 0. The Hall–Kier alpha value is -1.98. The molecule has 4 rings (SSSR count). The van der Waals surface area contributed by atoms with Gasteiger partial charge in [-0.3, -0.25) is 9.88 Å². The molecule has 0 radical (unpaired) electrons. The van der Waals surface area contributed by atoms with Crippen LogP contribution in [0.25, 0.3) is 0 Å². The molecule has 2 aliphatic rings. The molecule has 5 nitrogen and oxygen atoms in total. The number of rotatable bonds is 5. The average molecular weight is 325 g/mol. The van der Waals surface area contributed by atoms with E-state index in [0.29, 0.717) is 18.6 Å². The second kappa shape index (κ2) is 6.87. The molecule has 2 aromatic rings. The van der Waals surface area contributed by atoms with Crippen LogP contribution in [-0.2, 0) is 11.3 Å². The molecule has 0 saturated carbocycles. The summed E-state index contributed by atoms with van der Waals surface area (Å²) >= 11 is 0. The maximum Gasteiger partial charge on any atom is 0.213 e. The van der Waals surface area contributed by atoms with E-state index in [4.69, 9.17) is 9.47 Å². The van der Waals surface area contributed by atoms with Crippen molar-refractivity contribution in [2.24, 2.45) is 5.41 Å². The van der Waals surface area contributed by atoms with Crippen LogP contribution in [-0.4, -0.2) is 47.3 Å². The molecule has 0 spiro atoms. The second-order valence-electron chi connectivity index (χ2n) is 6.78. The first-order chi connectivity index (χ1) is 11.8. The molecule has 2 saturated heterocycles. The fourth-order valence-corrected chi connectivity index (χ4v) is 3.88. The predicted octanol–water partition coefficient (Wildman–Crippen LogP) is 2.54. The van der Waals surface area contributed by atoms with E-state index < -0.39 is 0 Å². The molecular weight excluding hydrogens is 302 g/mol. The Morgan fingerprint density at radius 3 is 2.96 bits per heavy atom. The number of nitrogens with zero attached hydrogens (tertiary/aromatic N) is 3. The second-order valence-corrected chi connectivity index (χ2v) is 6.78. The molecule has 0 amide bonds. The van der Waals surface area contributed by atoms with Gasteiger partial charge in [0, 0.05) is 56.3 Å². The summed E-state index contributed by atoms with van der Waals surface area (Å²) in [6.07, 6.45) is 7.91. The van der Waals surface area contributed by atoms with Crippen LogP contribution in [0.3, 0.4) is 0 Å². The topological polar surface area (TPSA) is 47.5 Å². The zero-order valence-electron chi connectivity index (χ0n) is 13.8. The van der Waals surface area contributed by atoms with E-state index in [1.54, 1.807) is 6.20 Å². The lowest BCUT2D eigenvalue weighted by molar-refractivity contribution is -0.0420. The summed E-state index contributed by atoms with van der Waals surface area (Å²) < 4.78 is 12.0. The van der Waals surface area contributed by atoms with E-state index in [0.717, 1.165) is 39.1 Å². The highest BCUT2D eigenvalue weighted by molar-refractivity contribution is 5.12. The van der Waals surface area contributed by atoms with Gasteiger partial charge in [-0.1, -0.05) is 6.07 Å². The van der Waals surface area contributed by atoms with Crippen molar-refractivity contribution in [2.75, 3.05) is 26.3 Å². The highest BCUT2D eigenvalue weighted by Crippen LogP contribution is 2.41. The number of ether oxygens (including phenoxy) is 2. The molecule has 0 aromatic carbocycles. The van der Waals surface area contributed by atoms with Crippen LogP contribution in [0, 0.1) is 5.41 Å². The molecule has 0 bridgehead atoms. The van der Waals surface area contributed by atoms with Gasteiger partial charge in [-0.05, 0) is 36.6 Å². The van der Waals surface area contributed by atoms with E-state index in [-0.39, 0.29) is 5.41 Å². The van der Waals surface area contributed by atoms with E-state index in [1.807, 2.05) is 30.6 Å². The zero-order chi connectivity index (χ0) is 16.2. The minimum absolute atomic E-state index is 0.0722. The highest BCUT2D eigenvalue weighted by atomic mass is 16.5. The van der Waals surface area contributed by atoms with Crippen LogP contribution in [0.2, 0.25) is 0 Å². The fraction of sp³-hybridized carbons (Fsp3) is 0.474. The minimum Gasteiger partial charge on any atom is -0.477 e. The van der Waals surface area contributed by atoms with Gasteiger partial charge in [-0.2, -0.15) is 0 Å². The standard InChI is InChI=1S/C19H23N3O2/c1-2-8-21-18(3-1)24-15-19-7-12-23-17(19)6-11-22(14-19)13-16-4-9-20-10-5-16/h1-5,8-10,17H,6-7,11-15H2/t17-,19+/m1/s1. The largest absolute Gasteiger partial charge is 0.477 e. The Morgan fingerprint density at radius 1 is 1.21 bits per heavy atom. The number of aromatic nitrogens is 2. The van der Waals surface area contributed by atoms with Crippen LogP contribution < -0.4 is 4.74 Å². The number of likely N-dealkylation sites (tertiary alicyclic amines) is 1. The molecule has 2 aliphatic heterocycles. The van der Waals surface area contributed by atoms with Crippen molar-refractivity contribution in [1.29, 1.82) is 0 Å². The molecule has 2 aromatic heterocycles. The van der Waals surface area contributed by atoms with Crippen molar-refractivity contribution in [2.45, 2.75) is 25.5 Å². The summed E-state index contributed by atoms with van der Waals surface area (Å²) in [5.74, 6) is 0.698. The summed E-state index contributed by atoms with van der Waals surface area (Å²) in [5.41, 5.74) is 1.38. The third kappa shape index (κ3) is 3.28. The minimum atomic E-state index is 0.0722. The first-order valence-electron chi connectivity index (χ1n) is 8.61. The lowest BCUT2D eigenvalue weighted by atomic mass is 9.77. The Balaban J connectivity index is 1.44. The smallest absolute Gasteiger partial charge is 0.213 e. The van der Waals surface area contributed by atoms with Crippen molar-refractivity contribution in [1.82, 2.24) is 14.9 Å². The van der Waals surface area contributed by atoms with E-state index in [2.05, 4.69) is 27.0 Å². The van der Waals surface area contributed by atoms with E-state index in [1.165, 1.54) is 5.56 Å². The number of pyridine rings is 2. The third-order valence-corrected chi connectivity index (χ3v) is 5.15. The molecule has 24 heavy (non-hydrogen) atoms. The lowest BCUT2D eigenvalue weighted by Crippen LogP contribution is -2.52. The van der Waals surface area contributed by atoms with Crippen LogP contribution in [0.1, 0.15) is 18.4 Å². The first-order valence-corrected chi connectivity index (χ1v) is 8.61. The van der Waals surface area contributed by atoms with Gasteiger partial charge in [0.2, 0.25) is 5.88 Å². The van der Waals surface area contributed by atoms with E-state index >= 15 is 0 Å². The SMILES string of the molecule is c1ccc(OC[C@@]23CCO[C@@H]2CCN(Cc2ccncc2)C3)nc1. The molecule has 0 unspecified atom stereocenters. The molecule has 0 N–H and O–H groups in total. The van der Waals surface area contributed by atoms with Gasteiger partial charge in [-0.15, -0.1) is 0 Å². The van der Waals surface area contributed by atoms with Gasteiger partial charge < -0.3 is 9.47 Å². The predicted molar refractivity (Wildman–Crippen MR) is 90.7 cm³/mol. The third-order valence-electron chi connectivity index (χ3n) is 5.15. The molecule has 2 fully saturated rings. The normalized spacial score (nSPS) is 26.9. The van der Waals surface area contributed by atoms with Crippen molar-refractivity contribution in [3.05, 3.63) is 54.5 Å². The highest BCUT2D eigenvalue weighted by Gasteiger charge is 2.48. The average Bonchev–Trinajstić information content (AvgIpc) is 3.05. The van der Waals surface area contributed by atoms with Crippen molar-refractivity contribution in [3.8, 4) is 5.88 Å². The van der Waals surface area contributed by atoms with E-state index in [9.17, 15) is 0 Å². The van der Waals surface area contributed by atoms with Crippen molar-refractivity contribution < 1.29 is 9.47 Å². The number of hydrogen-bond acceptors (Lipinski definition) is 5. The molecular formula is C19H23N3O2. The summed E-state index contributed by atoms with van der Waals surface area (Å²) in [7, 11) is 0. The molecule has 126 valence electrons. The first kappa shape index (κ1) is 15.5. The fourth-order valence-electron chi connectivity index (χ4n) is 3.88. The Bertz CT molecular complexity index is 652. The van der Waals surface area contributed by atoms with Crippen LogP contribution in [0.15, 0.2) is 48.9 Å².